The molecule has 2 rings (SSSR count). The predicted octanol–water partition coefficient (Wildman–Crippen LogP) is 1.36. The predicted molar refractivity (Wildman–Crippen MR) is 70.8 cm³/mol. The molecule has 2 saturated heterocycles. The fourth-order valence-corrected chi connectivity index (χ4v) is 3.34. The lowest BCUT2D eigenvalue weighted by molar-refractivity contribution is -0.146. The number of fused-ring (bicyclic) bond motifs is 1. The van der Waals surface area contributed by atoms with Gasteiger partial charge >= 0.3 is 5.97 Å². The van der Waals surface area contributed by atoms with E-state index in [1.165, 1.54) is 6.42 Å². The lowest BCUT2D eigenvalue weighted by atomic mass is 9.85. The van der Waals surface area contributed by atoms with E-state index in [1.807, 2.05) is 0 Å². The Morgan fingerprint density at radius 3 is 3.11 bits per heavy atom. The van der Waals surface area contributed by atoms with Crippen LogP contribution in [0.5, 0.6) is 0 Å². The summed E-state index contributed by atoms with van der Waals surface area (Å²) in [5.74, 6) is -0.745. The first-order valence-electron chi connectivity index (χ1n) is 6.94. The molecule has 0 spiro atoms. The lowest BCUT2D eigenvalue weighted by Crippen LogP contribution is -2.61. The van der Waals surface area contributed by atoms with Crippen LogP contribution in [0.15, 0.2) is 5.11 Å². The molecule has 0 radical (unpaired) electrons. The van der Waals surface area contributed by atoms with Gasteiger partial charge in [-0.2, -0.15) is 0 Å². The summed E-state index contributed by atoms with van der Waals surface area (Å²) in [5.41, 5.74) is 7.40. The van der Waals surface area contributed by atoms with E-state index in [4.69, 9.17) is 5.53 Å². The normalized spacial score (nSPS) is 30.6. The molecule has 2 heterocycles. The van der Waals surface area contributed by atoms with Crippen molar-refractivity contribution in [2.75, 3.05) is 26.2 Å². The molecule has 7 nitrogen and oxygen atoms in total. The minimum Gasteiger partial charge on any atom is -0.480 e. The number of piperidine rings is 1. The van der Waals surface area contributed by atoms with Gasteiger partial charge in [0.25, 0.3) is 0 Å². The standard InChI is InChI=1S/C12H21N5O2/c13-16-15-7-3-6-14-12(11(18)19)5-9-17-8-2-1-4-10(12)17/h10,14H,1-9H2,(H,18,19). The van der Waals surface area contributed by atoms with Crippen molar-refractivity contribution in [2.24, 2.45) is 5.11 Å². The van der Waals surface area contributed by atoms with Crippen LogP contribution in [0.25, 0.3) is 10.4 Å². The van der Waals surface area contributed by atoms with E-state index in [2.05, 4.69) is 20.2 Å². The molecular weight excluding hydrogens is 246 g/mol. The first-order chi connectivity index (χ1) is 9.20. The molecule has 106 valence electrons. The number of carboxylic acids is 1. The number of azide groups is 1. The Kier molecular flexibility index (Phi) is 4.63. The molecule has 2 aliphatic heterocycles. The fourth-order valence-electron chi connectivity index (χ4n) is 3.34. The van der Waals surface area contributed by atoms with Gasteiger partial charge < -0.3 is 10.4 Å². The second-order valence-corrected chi connectivity index (χ2v) is 5.31. The zero-order valence-corrected chi connectivity index (χ0v) is 11.1. The van der Waals surface area contributed by atoms with E-state index in [-0.39, 0.29) is 6.04 Å². The zero-order chi connectivity index (χ0) is 13.7. The third-order valence-corrected chi connectivity index (χ3v) is 4.30. The topological polar surface area (TPSA) is 101 Å². The Hall–Kier alpha value is -1.30. The van der Waals surface area contributed by atoms with Gasteiger partial charge in [0.15, 0.2) is 0 Å². The maximum atomic E-state index is 11.7. The molecule has 2 N–H and O–H groups in total. The first-order valence-corrected chi connectivity index (χ1v) is 6.94. The fraction of sp³-hybridized carbons (Fsp3) is 0.917. The monoisotopic (exact) mass is 267 g/mol. The van der Waals surface area contributed by atoms with Crippen molar-refractivity contribution < 1.29 is 9.90 Å². The largest absolute Gasteiger partial charge is 0.480 e. The van der Waals surface area contributed by atoms with Crippen LogP contribution >= 0.6 is 0 Å². The number of carbonyl (C=O) groups is 1. The van der Waals surface area contributed by atoms with E-state index in [9.17, 15) is 9.90 Å². The van der Waals surface area contributed by atoms with Gasteiger partial charge in [-0.25, -0.2) is 0 Å². The van der Waals surface area contributed by atoms with Crippen LogP contribution in [0.4, 0.5) is 0 Å². The Balaban J connectivity index is 1.97. The smallest absolute Gasteiger partial charge is 0.325 e. The van der Waals surface area contributed by atoms with Crippen LogP contribution in [0.1, 0.15) is 32.1 Å². The molecule has 19 heavy (non-hydrogen) atoms. The molecule has 7 heteroatoms. The van der Waals surface area contributed by atoms with E-state index >= 15 is 0 Å². The zero-order valence-electron chi connectivity index (χ0n) is 11.1. The Morgan fingerprint density at radius 2 is 2.37 bits per heavy atom. The summed E-state index contributed by atoms with van der Waals surface area (Å²) in [7, 11) is 0. The molecule has 0 aromatic rings. The molecule has 2 unspecified atom stereocenters. The minimum absolute atomic E-state index is 0.109. The molecule has 0 aromatic heterocycles. The number of nitrogens with zero attached hydrogens (tertiary/aromatic N) is 4. The Morgan fingerprint density at radius 1 is 1.53 bits per heavy atom. The maximum absolute atomic E-state index is 11.7. The van der Waals surface area contributed by atoms with Crippen LogP contribution in [0.3, 0.4) is 0 Å². The molecule has 2 atom stereocenters. The van der Waals surface area contributed by atoms with Crippen molar-refractivity contribution in [2.45, 2.75) is 43.7 Å². The first kappa shape index (κ1) is 14.1. The molecule has 0 amide bonds. The molecule has 0 aromatic carbocycles. The average molecular weight is 267 g/mol. The highest BCUT2D eigenvalue weighted by Crippen LogP contribution is 2.35. The highest BCUT2D eigenvalue weighted by molar-refractivity contribution is 5.80. The van der Waals surface area contributed by atoms with Gasteiger partial charge in [0, 0.05) is 24.0 Å². The van der Waals surface area contributed by atoms with Crippen LogP contribution in [0.2, 0.25) is 0 Å². The van der Waals surface area contributed by atoms with Crippen LogP contribution in [0, 0.1) is 0 Å². The highest BCUT2D eigenvalue weighted by atomic mass is 16.4. The van der Waals surface area contributed by atoms with Crippen molar-refractivity contribution in [1.82, 2.24) is 10.2 Å². The third kappa shape index (κ3) is 2.83. The van der Waals surface area contributed by atoms with Crippen LogP contribution in [-0.2, 0) is 4.79 Å². The van der Waals surface area contributed by atoms with Crippen molar-refractivity contribution in [3.63, 3.8) is 0 Å². The third-order valence-electron chi connectivity index (χ3n) is 4.30. The van der Waals surface area contributed by atoms with Gasteiger partial charge in [-0.05, 0) is 44.3 Å². The summed E-state index contributed by atoms with van der Waals surface area (Å²) in [5, 5.41) is 16.3. The summed E-state index contributed by atoms with van der Waals surface area (Å²) in [4.78, 5) is 16.7. The van der Waals surface area contributed by atoms with Gasteiger partial charge in [0.2, 0.25) is 0 Å². The van der Waals surface area contributed by atoms with E-state index in [1.54, 1.807) is 0 Å². The maximum Gasteiger partial charge on any atom is 0.325 e. The molecule has 0 aliphatic carbocycles. The summed E-state index contributed by atoms with van der Waals surface area (Å²) in [6.07, 6.45) is 4.57. The van der Waals surface area contributed by atoms with Gasteiger partial charge in [0.1, 0.15) is 5.54 Å². The second-order valence-electron chi connectivity index (χ2n) is 5.31. The molecule has 2 fully saturated rings. The average Bonchev–Trinajstić information content (AvgIpc) is 2.79. The van der Waals surface area contributed by atoms with Crippen LogP contribution in [-0.4, -0.2) is 53.7 Å². The van der Waals surface area contributed by atoms with Crippen LogP contribution < -0.4 is 5.32 Å². The molecule has 0 saturated carbocycles. The summed E-state index contributed by atoms with van der Waals surface area (Å²) >= 11 is 0. The van der Waals surface area contributed by atoms with Gasteiger partial charge in [-0.1, -0.05) is 11.5 Å². The van der Waals surface area contributed by atoms with Crippen molar-refractivity contribution in [3.05, 3.63) is 10.4 Å². The van der Waals surface area contributed by atoms with E-state index in [0.29, 0.717) is 25.9 Å². The summed E-state index contributed by atoms with van der Waals surface area (Å²) in [6.45, 7) is 2.86. The molecular formula is C12H21N5O2. The summed E-state index contributed by atoms with van der Waals surface area (Å²) < 4.78 is 0. The van der Waals surface area contributed by atoms with Crippen molar-refractivity contribution in [1.29, 1.82) is 0 Å². The minimum atomic E-state index is -0.809. The van der Waals surface area contributed by atoms with E-state index < -0.39 is 11.5 Å². The van der Waals surface area contributed by atoms with Gasteiger partial charge in [-0.15, -0.1) is 0 Å². The Labute approximate surface area is 112 Å². The number of hydrogen-bond donors (Lipinski definition) is 2. The number of aliphatic carboxylic acids is 1. The number of hydrogen-bond acceptors (Lipinski definition) is 4. The summed E-state index contributed by atoms with van der Waals surface area (Å²) in [6, 6.07) is 0.109. The van der Waals surface area contributed by atoms with Crippen molar-refractivity contribution >= 4 is 5.97 Å². The number of carboxylic acid groups (broad SMARTS) is 1. The van der Waals surface area contributed by atoms with E-state index in [0.717, 1.165) is 25.9 Å². The molecule has 2 aliphatic rings. The van der Waals surface area contributed by atoms with Gasteiger partial charge in [-0.3, -0.25) is 9.69 Å². The van der Waals surface area contributed by atoms with Gasteiger partial charge in [0.05, 0.1) is 0 Å². The lowest BCUT2D eigenvalue weighted by Gasteiger charge is -2.38. The number of rotatable bonds is 6. The van der Waals surface area contributed by atoms with Crippen molar-refractivity contribution in [3.8, 4) is 0 Å². The molecule has 0 bridgehead atoms. The quantitative estimate of drug-likeness (QED) is 0.328. The SMILES string of the molecule is [N-]=[N+]=NCCCNC1(C(=O)O)CCN2CCCCC21. The second kappa shape index (κ2) is 6.23. The highest BCUT2D eigenvalue weighted by Gasteiger charge is 2.52. The number of nitrogens with one attached hydrogen (secondary N) is 1. The Bertz CT molecular complexity index is 382.